The first-order valence-corrected chi connectivity index (χ1v) is 9.00. The van der Waals surface area contributed by atoms with E-state index < -0.39 is 0 Å². The Morgan fingerprint density at radius 2 is 1.05 bits per heavy atom. The van der Waals surface area contributed by atoms with Crippen molar-refractivity contribution >= 4 is 11.8 Å². The van der Waals surface area contributed by atoms with Crippen LogP contribution in [0.2, 0.25) is 0 Å². The summed E-state index contributed by atoms with van der Waals surface area (Å²) in [5.41, 5.74) is 0. The molecule has 2 unspecified atom stereocenters. The topological polar surface area (TPSA) is 18.5 Å². The van der Waals surface area contributed by atoms with Gasteiger partial charge in [0.2, 0.25) is 0 Å². The van der Waals surface area contributed by atoms with Crippen molar-refractivity contribution in [1.29, 1.82) is 0 Å². The van der Waals surface area contributed by atoms with Crippen LogP contribution < -0.4 is 0 Å². The SMILES string of the molecule is COC1CCCCCC1S[C@@H]1CCCCC[C@H]1OC. The molecule has 0 N–H and O–H groups in total. The first-order valence-electron chi connectivity index (χ1n) is 8.06. The van der Waals surface area contributed by atoms with Crippen LogP contribution in [-0.2, 0) is 9.47 Å². The minimum Gasteiger partial charge on any atom is -0.380 e. The Morgan fingerprint density at radius 3 is 1.47 bits per heavy atom. The fraction of sp³-hybridized carbons (Fsp3) is 1.00. The van der Waals surface area contributed by atoms with Gasteiger partial charge in [0.15, 0.2) is 0 Å². The van der Waals surface area contributed by atoms with E-state index in [1.54, 1.807) is 0 Å². The molecule has 2 fully saturated rings. The fourth-order valence-electron chi connectivity index (χ4n) is 3.55. The molecule has 0 amide bonds. The average Bonchev–Trinajstić information content (AvgIpc) is 2.79. The van der Waals surface area contributed by atoms with Gasteiger partial charge in [0.05, 0.1) is 12.2 Å². The summed E-state index contributed by atoms with van der Waals surface area (Å²) in [5.74, 6) is 0. The molecule has 0 aliphatic heterocycles. The van der Waals surface area contributed by atoms with Gasteiger partial charge in [-0.25, -0.2) is 0 Å². The normalized spacial score (nSPS) is 37.6. The number of methoxy groups -OCH3 is 2. The lowest BCUT2D eigenvalue weighted by Gasteiger charge is -2.30. The Bertz CT molecular complexity index is 223. The molecule has 4 atom stereocenters. The molecule has 19 heavy (non-hydrogen) atoms. The molecular formula is C16H30O2S. The zero-order valence-electron chi connectivity index (χ0n) is 12.6. The zero-order valence-corrected chi connectivity index (χ0v) is 13.4. The van der Waals surface area contributed by atoms with Crippen molar-refractivity contribution < 1.29 is 9.47 Å². The van der Waals surface area contributed by atoms with Crippen LogP contribution in [0.15, 0.2) is 0 Å². The van der Waals surface area contributed by atoms with E-state index in [2.05, 4.69) is 11.8 Å². The monoisotopic (exact) mass is 286 g/mol. The van der Waals surface area contributed by atoms with E-state index in [1.165, 1.54) is 64.2 Å². The average molecular weight is 286 g/mol. The largest absolute Gasteiger partial charge is 0.380 e. The molecule has 2 rings (SSSR count). The van der Waals surface area contributed by atoms with Crippen molar-refractivity contribution in [2.75, 3.05) is 14.2 Å². The van der Waals surface area contributed by atoms with Crippen molar-refractivity contribution in [2.45, 2.75) is 86.9 Å². The standard InChI is InChI=1S/C16H30O2S/c1-17-13-9-5-3-7-11-15(13)19-16-12-8-4-6-10-14(16)18-2/h13-16H,3-12H2,1-2H3/t13-,14?,15-,16?/m1/s1. The Labute approximate surface area is 123 Å². The molecular weight excluding hydrogens is 256 g/mol. The first kappa shape index (κ1) is 15.7. The summed E-state index contributed by atoms with van der Waals surface area (Å²) in [4.78, 5) is 0. The van der Waals surface area contributed by atoms with Crippen LogP contribution in [0.25, 0.3) is 0 Å². The molecule has 0 spiro atoms. The van der Waals surface area contributed by atoms with Crippen molar-refractivity contribution in [1.82, 2.24) is 0 Å². The van der Waals surface area contributed by atoms with Crippen LogP contribution in [0.3, 0.4) is 0 Å². The van der Waals surface area contributed by atoms with Crippen LogP contribution in [0.4, 0.5) is 0 Å². The highest BCUT2D eigenvalue weighted by atomic mass is 32.2. The zero-order chi connectivity index (χ0) is 13.5. The summed E-state index contributed by atoms with van der Waals surface area (Å²) in [6.45, 7) is 0. The lowest BCUT2D eigenvalue weighted by Crippen LogP contribution is -2.31. The molecule has 2 nitrogen and oxygen atoms in total. The van der Waals surface area contributed by atoms with Gasteiger partial charge in [-0.2, -0.15) is 0 Å². The van der Waals surface area contributed by atoms with Gasteiger partial charge in [0.25, 0.3) is 0 Å². The van der Waals surface area contributed by atoms with Gasteiger partial charge in [-0.05, 0) is 25.7 Å². The summed E-state index contributed by atoms with van der Waals surface area (Å²) in [7, 11) is 3.79. The molecule has 2 aliphatic rings. The van der Waals surface area contributed by atoms with Crippen molar-refractivity contribution in [3.63, 3.8) is 0 Å². The van der Waals surface area contributed by atoms with Gasteiger partial charge in [-0.3, -0.25) is 0 Å². The Kier molecular flexibility index (Phi) is 7.03. The summed E-state index contributed by atoms with van der Waals surface area (Å²) in [6, 6.07) is 0. The molecule has 2 aliphatic carbocycles. The lowest BCUT2D eigenvalue weighted by molar-refractivity contribution is 0.0879. The third-order valence-electron chi connectivity index (χ3n) is 4.74. The minimum atomic E-state index is 0.466. The molecule has 0 radical (unpaired) electrons. The summed E-state index contributed by atoms with van der Waals surface area (Å²) in [5, 5.41) is 1.38. The van der Waals surface area contributed by atoms with Crippen LogP contribution in [0.5, 0.6) is 0 Å². The summed E-state index contributed by atoms with van der Waals surface area (Å²) in [6.07, 6.45) is 14.3. The number of thioether (sulfide) groups is 1. The smallest absolute Gasteiger partial charge is 0.0689 e. The highest BCUT2D eigenvalue weighted by Crippen LogP contribution is 2.37. The third kappa shape index (κ3) is 4.64. The third-order valence-corrected chi connectivity index (χ3v) is 6.52. The van der Waals surface area contributed by atoms with Crippen molar-refractivity contribution in [3.05, 3.63) is 0 Å². The second-order valence-electron chi connectivity index (χ2n) is 6.04. The summed E-state index contributed by atoms with van der Waals surface area (Å²) < 4.78 is 11.5. The summed E-state index contributed by atoms with van der Waals surface area (Å²) >= 11 is 2.18. The number of hydrogen-bond donors (Lipinski definition) is 0. The number of hydrogen-bond acceptors (Lipinski definition) is 3. The van der Waals surface area contributed by atoms with Crippen molar-refractivity contribution in [3.8, 4) is 0 Å². The van der Waals surface area contributed by atoms with E-state index in [-0.39, 0.29) is 0 Å². The van der Waals surface area contributed by atoms with E-state index in [0.717, 1.165) is 0 Å². The Hall–Kier alpha value is 0.270. The number of rotatable bonds is 4. The molecule has 3 heteroatoms. The highest BCUT2D eigenvalue weighted by Gasteiger charge is 2.31. The lowest BCUT2D eigenvalue weighted by atomic mass is 10.1. The predicted octanol–water partition coefficient (Wildman–Crippen LogP) is 4.42. The fourth-order valence-corrected chi connectivity index (χ4v) is 5.45. The van der Waals surface area contributed by atoms with E-state index >= 15 is 0 Å². The molecule has 112 valence electrons. The van der Waals surface area contributed by atoms with Crippen LogP contribution in [-0.4, -0.2) is 36.9 Å². The van der Waals surface area contributed by atoms with Crippen LogP contribution in [0, 0.1) is 0 Å². The van der Waals surface area contributed by atoms with E-state index in [4.69, 9.17) is 9.47 Å². The molecule has 2 saturated carbocycles. The molecule has 0 aromatic rings. The van der Waals surface area contributed by atoms with E-state index in [0.29, 0.717) is 22.7 Å². The first-order chi connectivity index (χ1) is 9.35. The van der Waals surface area contributed by atoms with Crippen molar-refractivity contribution in [2.24, 2.45) is 0 Å². The van der Waals surface area contributed by atoms with Gasteiger partial charge in [0, 0.05) is 24.7 Å². The van der Waals surface area contributed by atoms with E-state index in [9.17, 15) is 0 Å². The van der Waals surface area contributed by atoms with Crippen LogP contribution in [0.1, 0.15) is 64.2 Å². The van der Waals surface area contributed by atoms with Gasteiger partial charge in [0.1, 0.15) is 0 Å². The van der Waals surface area contributed by atoms with E-state index in [1.807, 2.05) is 14.2 Å². The molecule has 0 saturated heterocycles. The second-order valence-corrected chi connectivity index (χ2v) is 7.52. The minimum absolute atomic E-state index is 0.466. The number of ether oxygens (including phenoxy) is 2. The predicted molar refractivity (Wildman–Crippen MR) is 82.9 cm³/mol. The molecule has 0 heterocycles. The molecule has 0 aromatic heterocycles. The highest BCUT2D eigenvalue weighted by molar-refractivity contribution is 8.00. The maximum atomic E-state index is 5.76. The maximum Gasteiger partial charge on any atom is 0.0689 e. The molecule has 0 aromatic carbocycles. The van der Waals surface area contributed by atoms with Crippen LogP contribution >= 0.6 is 11.8 Å². The quantitative estimate of drug-likeness (QED) is 0.713. The van der Waals surface area contributed by atoms with Gasteiger partial charge < -0.3 is 9.47 Å². The second kappa shape index (κ2) is 8.53. The maximum absolute atomic E-state index is 5.76. The van der Waals surface area contributed by atoms with Gasteiger partial charge in [-0.1, -0.05) is 38.5 Å². The van der Waals surface area contributed by atoms with Gasteiger partial charge >= 0.3 is 0 Å². The molecule has 0 bridgehead atoms. The van der Waals surface area contributed by atoms with Gasteiger partial charge in [-0.15, -0.1) is 11.8 Å². The Balaban J connectivity index is 1.95. The Morgan fingerprint density at radius 1 is 0.632 bits per heavy atom.